The van der Waals surface area contributed by atoms with E-state index in [4.69, 9.17) is 14.6 Å². The van der Waals surface area contributed by atoms with Crippen molar-refractivity contribution in [3.63, 3.8) is 0 Å². The number of amides is 1. The minimum absolute atomic E-state index is 0.109. The normalized spacial score (nSPS) is 19.9. The molecule has 0 radical (unpaired) electrons. The quantitative estimate of drug-likeness (QED) is 0.722. The van der Waals surface area contributed by atoms with Crippen LogP contribution < -0.4 is 10.1 Å². The molecule has 1 amide bonds. The average molecular weight is 335 g/mol. The number of benzene rings is 1. The predicted molar refractivity (Wildman–Crippen MR) is 89.1 cm³/mol. The first kappa shape index (κ1) is 18.3. The largest absolute Gasteiger partial charge is 0.494 e. The molecule has 1 unspecified atom stereocenters. The molecule has 6 nitrogen and oxygen atoms in total. The van der Waals surface area contributed by atoms with E-state index in [1.807, 2.05) is 24.3 Å². The van der Waals surface area contributed by atoms with Crippen LogP contribution in [0.3, 0.4) is 0 Å². The molecule has 0 aliphatic carbocycles. The third kappa shape index (κ3) is 5.53. The molecule has 0 saturated carbocycles. The number of carbonyl (C=O) groups excluding carboxylic acids is 1. The molecule has 24 heavy (non-hydrogen) atoms. The smallest absolute Gasteiger partial charge is 0.305 e. The van der Waals surface area contributed by atoms with Crippen LogP contribution in [0.4, 0.5) is 0 Å². The van der Waals surface area contributed by atoms with Gasteiger partial charge in [0.25, 0.3) is 0 Å². The fourth-order valence-corrected chi connectivity index (χ4v) is 2.77. The Balaban J connectivity index is 1.82. The number of carboxylic acids is 1. The molecule has 1 fully saturated rings. The van der Waals surface area contributed by atoms with Crippen molar-refractivity contribution in [3.05, 3.63) is 29.8 Å². The van der Waals surface area contributed by atoms with Gasteiger partial charge in [-0.3, -0.25) is 9.59 Å². The maximum atomic E-state index is 12.2. The van der Waals surface area contributed by atoms with Crippen LogP contribution in [0.1, 0.15) is 38.2 Å². The zero-order chi connectivity index (χ0) is 17.4. The number of hydrogen-bond donors (Lipinski definition) is 2. The highest BCUT2D eigenvalue weighted by molar-refractivity contribution is 5.78. The first-order valence-corrected chi connectivity index (χ1v) is 8.35. The van der Waals surface area contributed by atoms with Crippen molar-refractivity contribution >= 4 is 11.9 Å². The summed E-state index contributed by atoms with van der Waals surface area (Å²) in [4.78, 5) is 23.2. The number of carbonyl (C=O) groups is 2. The maximum absolute atomic E-state index is 12.2. The molecule has 1 saturated heterocycles. The van der Waals surface area contributed by atoms with Gasteiger partial charge in [-0.2, -0.15) is 0 Å². The van der Waals surface area contributed by atoms with Gasteiger partial charge < -0.3 is 19.9 Å². The fraction of sp³-hybridized carbons (Fsp3) is 0.556. The molecule has 2 rings (SSSR count). The Hall–Kier alpha value is -2.08. The van der Waals surface area contributed by atoms with Gasteiger partial charge in [-0.05, 0) is 37.0 Å². The lowest BCUT2D eigenvalue weighted by molar-refractivity contribution is -0.139. The molecule has 1 aromatic carbocycles. The highest BCUT2D eigenvalue weighted by Gasteiger charge is 2.38. The Morgan fingerprint density at radius 1 is 1.33 bits per heavy atom. The van der Waals surface area contributed by atoms with Gasteiger partial charge in [0, 0.05) is 13.0 Å². The molecule has 132 valence electrons. The third-order valence-corrected chi connectivity index (χ3v) is 4.03. The number of rotatable bonds is 9. The second kappa shape index (κ2) is 8.68. The van der Waals surface area contributed by atoms with E-state index in [-0.39, 0.29) is 18.9 Å². The summed E-state index contributed by atoms with van der Waals surface area (Å²) in [6.07, 6.45) is 2.31. The van der Waals surface area contributed by atoms with Crippen LogP contribution in [0.2, 0.25) is 0 Å². The van der Waals surface area contributed by atoms with E-state index < -0.39 is 11.5 Å². The zero-order valence-electron chi connectivity index (χ0n) is 14.0. The van der Waals surface area contributed by atoms with Gasteiger partial charge in [0.1, 0.15) is 5.75 Å². The van der Waals surface area contributed by atoms with Gasteiger partial charge in [-0.15, -0.1) is 0 Å². The summed E-state index contributed by atoms with van der Waals surface area (Å²) >= 11 is 0. The van der Waals surface area contributed by atoms with E-state index in [9.17, 15) is 9.59 Å². The summed E-state index contributed by atoms with van der Waals surface area (Å²) in [7, 11) is 0. The van der Waals surface area contributed by atoms with E-state index >= 15 is 0 Å². The van der Waals surface area contributed by atoms with Crippen molar-refractivity contribution in [2.24, 2.45) is 0 Å². The number of carboxylic acid groups (broad SMARTS) is 1. The molecule has 6 heteroatoms. The molecule has 1 aromatic rings. The van der Waals surface area contributed by atoms with Gasteiger partial charge in [0.15, 0.2) is 0 Å². The maximum Gasteiger partial charge on any atom is 0.305 e. The van der Waals surface area contributed by atoms with Gasteiger partial charge in [-0.1, -0.05) is 19.1 Å². The number of aryl methyl sites for hydroxylation is 1. The average Bonchev–Trinajstić information content (AvgIpc) is 2.99. The van der Waals surface area contributed by atoms with Crippen LogP contribution in [-0.4, -0.2) is 42.3 Å². The Bertz CT molecular complexity index is 549. The van der Waals surface area contributed by atoms with Crippen molar-refractivity contribution in [2.75, 3.05) is 19.8 Å². The number of hydrogen-bond acceptors (Lipinski definition) is 4. The van der Waals surface area contributed by atoms with Gasteiger partial charge in [-0.25, -0.2) is 0 Å². The number of aliphatic carboxylic acids is 1. The van der Waals surface area contributed by atoms with Crippen LogP contribution >= 0.6 is 0 Å². The highest BCUT2D eigenvalue weighted by atomic mass is 16.5. The molecule has 0 bridgehead atoms. The summed E-state index contributed by atoms with van der Waals surface area (Å²) in [5, 5.41) is 11.9. The van der Waals surface area contributed by atoms with E-state index in [1.54, 1.807) is 0 Å². The van der Waals surface area contributed by atoms with Crippen LogP contribution in [0.5, 0.6) is 5.75 Å². The zero-order valence-corrected chi connectivity index (χ0v) is 14.0. The molecule has 0 spiro atoms. The minimum Gasteiger partial charge on any atom is -0.494 e. The van der Waals surface area contributed by atoms with E-state index in [1.165, 1.54) is 0 Å². The third-order valence-electron chi connectivity index (χ3n) is 4.03. The lowest BCUT2D eigenvalue weighted by Crippen LogP contribution is -2.50. The standard InChI is InChI=1S/C18H25NO5/c1-2-10-24-15-6-3-14(4-7-15)5-8-16(20)19-18(12-17(21)22)9-11-23-13-18/h3-4,6-7H,2,5,8-13H2,1H3,(H,19,20)(H,21,22). The SMILES string of the molecule is CCCOc1ccc(CCC(=O)NC2(CC(=O)O)CCOC2)cc1. The summed E-state index contributed by atoms with van der Waals surface area (Å²) in [6, 6.07) is 7.70. The topological polar surface area (TPSA) is 84.9 Å². The van der Waals surface area contributed by atoms with Crippen molar-refractivity contribution in [1.82, 2.24) is 5.32 Å². The van der Waals surface area contributed by atoms with E-state index in [2.05, 4.69) is 12.2 Å². The molecule has 1 aliphatic rings. The van der Waals surface area contributed by atoms with Gasteiger partial charge >= 0.3 is 5.97 Å². The summed E-state index contributed by atoms with van der Waals surface area (Å²) < 4.78 is 10.8. The summed E-state index contributed by atoms with van der Waals surface area (Å²) in [5.74, 6) is -0.245. The van der Waals surface area contributed by atoms with Gasteiger partial charge in [0.05, 0.1) is 25.2 Å². The summed E-state index contributed by atoms with van der Waals surface area (Å²) in [5.41, 5.74) is 0.282. The van der Waals surface area contributed by atoms with Crippen LogP contribution in [0.15, 0.2) is 24.3 Å². The van der Waals surface area contributed by atoms with E-state index in [0.717, 1.165) is 17.7 Å². The second-order valence-electron chi connectivity index (χ2n) is 6.19. The first-order chi connectivity index (χ1) is 11.5. The number of nitrogens with one attached hydrogen (secondary N) is 1. The Labute approximate surface area is 142 Å². The molecule has 1 aliphatic heterocycles. The Morgan fingerprint density at radius 2 is 2.08 bits per heavy atom. The fourth-order valence-electron chi connectivity index (χ4n) is 2.77. The minimum atomic E-state index is -0.927. The molecule has 1 atom stereocenters. The lowest BCUT2D eigenvalue weighted by Gasteiger charge is -2.27. The molecular weight excluding hydrogens is 310 g/mol. The molecule has 1 heterocycles. The molecule has 2 N–H and O–H groups in total. The predicted octanol–water partition coefficient (Wildman–Crippen LogP) is 2.16. The lowest BCUT2D eigenvalue weighted by atomic mass is 9.94. The summed E-state index contributed by atoms with van der Waals surface area (Å²) in [6.45, 7) is 3.48. The highest BCUT2D eigenvalue weighted by Crippen LogP contribution is 2.23. The monoisotopic (exact) mass is 335 g/mol. The van der Waals surface area contributed by atoms with Crippen molar-refractivity contribution < 1.29 is 24.2 Å². The molecule has 0 aromatic heterocycles. The van der Waals surface area contributed by atoms with E-state index in [0.29, 0.717) is 32.5 Å². The van der Waals surface area contributed by atoms with Crippen LogP contribution in [0, 0.1) is 0 Å². The number of ether oxygens (including phenoxy) is 2. The van der Waals surface area contributed by atoms with Crippen molar-refractivity contribution in [2.45, 2.75) is 44.6 Å². The van der Waals surface area contributed by atoms with Crippen LogP contribution in [0.25, 0.3) is 0 Å². The van der Waals surface area contributed by atoms with Crippen LogP contribution in [-0.2, 0) is 20.7 Å². The first-order valence-electron chi connectivity index (χ1n) is 8.35. The van der Waals surface area contributed by atoms with Gasteiger partial charge in [0.2, 0.25) is 5.91 Å². The Kier molecular flexibility index (Phi) is 6.61. The Morgan fingerprint density at radius 3 is 2.67 bits per heavy atom. The van der Waals surface area contributed by atoms with Crippen molar-refractivity contribution in [1.29, 1.82) is 0 Å². The second-order valence-corrected chi connectivity index (χ2v) is 6.19. The van der Waals surface area contributed by atoms with Crippen molar-refractivity contribution in [3.8, 4) is 5.75 Å². The molecular formula is C18H25NO5.